The fourth-order valence-electron chi connectivity index (χ4n) is 3.10. The zero-order valence-corrected chi connectivity index (χ0v) is 16.6. The van der Waals surface area contributed by atoms with Crippen molar-refractivity contribution in [3.8, 4) is 5.75 Å². The Bertz CT molecular complexity index is 826. The van der Waals surface area contributed by atoms with E-state index < -0.39 is 10.1 Å². The molecule has 0 fully saturated rings. The van der Waals surface area contributed by atoms with Crippen LogP contribution in [0.15, 0.2) is 47.6 Å². The van der Waals surface area contributed by atoms with Gasteiger partial charge in [0.2, 0.25) is 0 Å². The molecule has 1 aromatic heterocycles. The predicted octanol–water partition coefficient (Wildman–Crippen LogP) is 3.00. The molecule has 7 heteroatoms. The largest absolute Gasteiger partial charge is 0.383 e. The summed E-state index contributed by atoms with van der Waals surface area (Å²) in [5.41, 5.74) is 2.48. The number of hydrogen-bond donors (Lipinski definition) is 0. The highest BCUT2D eigenvalue weighted by molar-refractivity contribution is 7.99. The van der Waals surface area contributed by atoms with Gasteiger partial charge in [0, 0.05) is 25.0 Å². The highest BCUT2D eigenvalue weighted by Gasteiger charge is 2.15. The molecule has 0 radical (unpaired) electrons. The molecule has 1 aromatic carbocycles. The molecule has 1 aliphatic heterocycles. The minimum Gasteiger partial charge on any atom is -0.383 e. The smallest absolute Gasteiger partial charge is 0.306 e. The standard InChI is InChI=1S/C19H24N2O3S2/c1-26(22,23)24-18-7-6-16-8-12-21(13-9-17(16)15-18)11-4-14-25-19-5-2-3-10-20-19/h2-3,5-7,10,15H,4,8-9,11-14H2,1H3. The molecule has 26 heavy (non-hydrogen) atoms. The van der Waals surface area contributed by atoms with Crippen LogP contribution in [0.2, 0.25) is 0 Å². The van der Waals surface area contributed by atoms with E-state index in [2.05, 4.69) is 9.88 Å². The number of aromatic nitrogens is 1. The molecule has 0 saturated heterocycles. The first-order valence-corrected chi connectivity index (χ1v) is 11.6. The Morgan fingerprint density at radius 2 is 1.96 bits per heavy atom. The normalized spacial score (nSPS) is 15.3. The van der Waals surface area contributed by atoms with Crippen molar-refractivity contribution in [2.45, 2.75) is 24.3 Å². The summed E-state index contributed by atoms with van der Waals surface area (Å²) in [4.78, 5) is 6.82. The second-order valence-electron chi connectivity index (χ2n) is 6.43. The monoisotopic (exact) mass is 392 g/mol. The van der Waals surface area contributed by atoms with Crippen LogP contribution in [0.25, 0.3) is 0 Å². The topological polar surface area (TPSA) is 59.5 Å². The molecule has 0 amide bonds. The van der Waals surface area contributed by atoms with E-state index >= 15 is 0 Å². The summed E-state index contributed by atoms with van der Waals surface area (Å²) in [6, 6.07) is 11.6. The molecule has 0 bridgehead atoms. The Balaban J connectivity index is 1.48. The summed E-state index contributed by atoms with van der Waals surface area (Å²) in [7, 11) is -3.48. The first-order chi connectivity index (χ1) is 12.5. The molecule has 5 nitrogen and oxygen atoms in total. The van der Waals surface area contributed by atoms with Gasteiger partial charge in [-0.15, -0.1) is 11.8 Å². The second kappa shape index (κ2) is 8.88. The SMILES string of the molecule is CS(=O)(=O)Oc1ccc2c(c1)CCN(CCCSc1ccccn1)CC2. The third kappa shape index (κ3) is 6.00. The molecule has 0 saturated carbocycles. The minimum absolute atomic E-state index is 0.409. The van der Waals surface area contributed by atoms with E-state index in [-0.39, 0.29) is 0 Å². The summed E-state index contributed by atoms with van der Waals surface area (Å²) in [6.45, 7) is 3.09. The van der Waals surface area contributed by atoms with E-state index in [4.69, 9.17) is 4.18 Å². The lowest BCUT2D eigenvalue weighted by Crippen LogP contribution is -2.27. The van der Waals surface area contributed by atoms with Gasteiger partial charge in [-0.3, -0.25) is 0 Å². The maximum Gasteiger partial charge on any atom is 0.306 e. The Morgan fingerprint density at radius 1 is 1.15 bits per heavy atom. The van der Waals surface area contributed by atoms with Gasteiger partial charge in [0.05, 0.1) is 11.3 Å². The van der Waals surface area contributed by atoms with Crippen molar-refractivity contribution in [2.24, 2.45) is 0 Å². The Hall–Kier alpha value is -1.57. The van der Waals surface area contributed by atoms with Crippen molar-refractivity contribution in [3.63, 3.8) is 0 Å². The van der Waals surface area contributed by atoms with Gasteiger partial charge in [-0.2, -0.15) is 8.42 Å². The molecular weight excluding hydrogens is 368 g/mol. The molecule has 0 spiro atoms. The maximum atomic E-state index is 11.3. The number of thioether (sulfide) groups is 1. The van der Waals surface area contributed by atoms with Gasteiger partial charge in [-0.25, -0.2) is 4.98 Å². The van der Waals surface area contributed by atoms with Crippen LogP contribution in [0.5, 0.6) is 5.75 Å². The van der Waals surface area contributed by atoms with E-state index in [9.17, 15) is 8.42 Å². The van der Waals surface area contributed by atoms with Gasteiger partial charge in [0.25, 0.3) is 0 Å². The summed E-state index contributed by atoms with van der Waals surface area (Å²) in [6.07, 6.45) is 5.94. The molecule has 0 N–H and O–H groups in total. The Kier molecular flexibility index (Phi) is 6.56. The van der Waals surface area contributed by atoms with Crippen LogP contribution in [0.4, 0.5) is 0 Å². The summed E-state index contributed by atoms with van der Waals surface area (Å²) < 4.78 is 27.6. The van der Waals surface area contributed by atoms with Crippen molar-refractivity contribution in [1.82, 2.24) is 9.88 Å². The van der Waals surface area contributed by atoms with Crippen LogP contribution in [-0.4, -0.2) is 49.9 Å². The summed E-state index contributed by atoms with van der Waals surface area (Å²) in [5.74, 6) is 1.47. The average Bonchev–Trinajstić information content (AvgIpc) is 2.80. The van der Waals surface area contributed by atoms with Crippen molar-refractivity contribution in [1.29, 1.82) is 0 Å². The first kappa shape index (κ1) is 19.2. The van der Waals surface area contributed by atoms with Gasteiger partial charge in [0.1, 0.15) is 5.75 Å². The molecule has 2 heterocycles. The Morgan fingerprint density at radius 3 is 2.69 bits per heavy atom. The first-order valence-electron chi connectivity index (χ1n) is 8.77. The molecule has 0 unspecified atom stereocenters. The summed E-state index contributed by atoms with van der Waals surface area (Å²) >= 11 is 1.80. The molecule has 2 aromatic rings. The van der Waals surface area contributed by atoms with Gasteiger partial charge in [-0.1, -0.05) is 12.1 Å². The number of pyridine rings is 1. The lowest BCUT2D eigenvalue weighted by Gasteiger charge is -2.19. The number of benzene rings is 1. The van der Waals surface area contributed by atoms with Crippen molar-refractivity contribution in [3.05, 3.63) is 53.7 Å². The van der Waals surface area contributed by atoms with E-state index in [1.54, 1.807) is 17.8 Å². The zero-order chi connectivity index (χ0) is 18.4. The minimum atomic E-state index is -3.48. The fourth-order valence-corrected chi connectivity index (χ4v) is 4.34. The number of fused-ring (bicyclic) bond motifs is 1. The van der Waals surface area contributed by atoms with E-state index in [0.717, 1.165) is 55.9 Å². The average molecular weight is 393 g/mol. The van der Waals surface area contributed by atoms with Crippen LogP contribution in [0, 0.1) is 0 Å². The van der Waals surface area contributed by atoms with Crippen molar-refractivity contribution < 1.29 is 12.6 Å². The highest BCUT2D eigenvalue weighted by atomic mass is 32.2. The summed E-state index contributed by atoms with van der Waals surface area (Å²) in [5, 5.41) is 1.08. The third-order valence-electron chi connectivity index (χ3n) is 4.33. The molecule has 0 atom stereocenters. The van der Waals surface area contributed by atoms with Crippen LogP contribution >= 0.6 is 11.8 Å². The van der Waals surface area contributed by atoms with Crippen LogP contribution in [-0.2, 0) is 23.0 Å². The predicted molar refractivity (Wildman–Crippen MR) is 105 cm³/mol. The Labute approximate surface area is 159 Å². The highest BCUT2D eigenvalue weighted by Crippen LogP contribution is 2.23. The number of hydrogen-bond acceptors (Lipinski definition) is 6. The zero-order valence-electron chi connectivity index (χ0n) is 14.9. The van der Waals surface area contributed by atoms with Gasteiger partial charge >= 0.3 is 10.1 Å². The number of nitrogens with zero attached hydrogens (tertiary/aromatic N) is 2. The number of rotatable bonds is 7. The van der Waals surface area contributed by atoms with Crippen LogP contribution < -0.4 is 4.18 Å². The van der Waals surface area contributed by atoms with Crippen molar-refractivity contribution >= 4 is 21.9 Å². The maximum absolute atomic E-state index is 11.3. The molecule has 1 aliphatic rings. The van der Waals surface area contributed by atoms with Crippen LogP contribution in [0.3, 0.4) is 0 Å². The van der Waals surface area contributed by atoms with Gasteiger partial charge < -0.3 is 9.08 Å². The lowest BCUT2D eigenvalue weighted by atomic mass is 10.0. The van der Waals surface area contributed by atoms with E-state index in [1.807, 2.05) is 36.5 Å². The fraction of sp³-hybridized carbons (Fsp3) is 0.421. The van der Waals surface area contributed by atoms with Gasteiger partial charge in [0.15, 0.2) is 0 Å². The molecule has 0 aliphatic carbocycles. The van der Waals surface area contributed by atoms with Crippen LogP contribution in [0.1, 0.15) is 17.5 Å². The van der Waals surface area contributed by atoms with Gasteiger partial charge in [-0.05, 0) is 61.2 Å². The quantitative estimate of drug-likeness (QED) is 0.410. The van der Waals surface area contributed by atoms with Crippen molar-refractivity contribution in [2.75, 3.05) is 31.6 Å². The van der Waals surface area contributed by atoms with E-state index in [0.29, 0.717) is 5.75 Å². The van der Waals surface area contributed by atoms with E-state index in [1.165, 1.54) is 11.1 Å². The molecule has 3 rings (SSSR count). The lowest BCUT2D eigenvalue weighted by molar-refractivity contribution is 0.289. The second-order valence-corrected chi connectivity index (χ2v) is 9.12. The molecular formula is C19H24N2O3S2. The molecule has 140 valence electrons. The third-order valence-corrected chi connectivity index (χ3v) is 5.85.